The van der Waals surface area contributed by atoms with Gasteiger partial charge in [-0.25, -0.2) is 0 Å². The van der Waals surface area contributed by atoms with E-state index in [0.29, 0.717) is 5.22 Å². The topological polar surface area (TPSA) is 39.2 Å². The highest BCUT2D eigenvalue weighted by Gasteiger charge is 2.06. The Hall–Kier alpha value is -0.470. The Bertz CT molecular complexity index is 209. The molecule has 0 amide bonds. The second kappa shape index (κ2) is 3.08. The van der Waals surface area contributed by atoms with Gasteiger partial charge in [-0.05, 0) is 30.2 Å². The molecule has 0 bridgehead atoms. The molecular weight excluding hydrogens is 150 g/mol. The van der Waals surface area contributed by atoms with Crippen LogP contribution in [0.25, 0.3) is 0 Å². The Labute approximate surface area is 65.0 Å². The molecule has 0 aliphatic rings. The van der Waals surface area contributed by atoms with E-state index in [1.807, 2.05) is 6.92 Å². The first kappa shape index (κ1) is 7.63. The van der Waals surface area contributed by atoms with Gasteiger partial charge in [0.2, 0.25) is 0 Å². The van der Waals surface area contributed by atoms with Gasteiger partial charge in [0.25, 0.3) is 0 Å². The first-order valence-corrected chi connectivity index (χ1v) is 3.62. The van der Waals surface area contributed by atoms with E-state index in [4.69, 9.17) is 21.8 Å². The fourth-order valence-corrected chi connectivity index (χ4v) is 0.881. The monoisotopic (exact) mass is 159 g/mol. The van der Waals surface area contributed by atoms with Crippen molar-refractivity contribution in [1.29, 1.82) is 0 Å². The van der Waals surface area contributed by atoms with E-state index in [0.717, 1.165) is 12.2 Å². The molecule has 0 fully saturated rings. The third-order valence-corrected chi connectivity index (χ3v) is 1.60. The molecule has 1 aromatic heterocycles. The normalized spacial score (nSPS) is 13.5. The van der Waals surface area contributed by atoms with E-state index in [2.05, 4.69) is 0 Å². The molecule has 10 heavy (non-hydrogen) atoms. The quantitative estimate of drug-likeness (QED) is 0.720. The zero-order valence-electron chi connectivity index (χ0n) is 5.80. The van der Waals surface area contributed by atoms with Crippen molar-refractivity contribution in [2.24, 2.45) is 5.73 Å². The fraction of sp³-hybridized carbons (Fsp3) is 0.429. The molecule has 0 aliphatic carbocycles. The molecule has 0 unspecified atom stereocenters. The SMILES string of the molecule is CC[C@H](N)c1ccc(Cl)o1. The molecule has 0 spiro atoms. The molecule has 0 aromatic carbocycles. The van der Waals surface area contributed by atoms with Gasteiger partial charge in [-0.15, -0.1) is 0 Å². The maximum atomic E-state index is 5.66. The number of rotatable bonds is 2. The molecule has 3 heteroatoms. The van der Waals surface area contributed by atoms with Gasteiger partial charge in [0.1, 0.15) is 5.76 Å². The van der Waals surface area contributed by atoms with Crippen LogP contribution in [0.2, 0.25) is 5.22 Å². The maximum absolute atomic E-state index is 5.66. The first-order valence-electron chi connectivity index (χ1n) is 3.25. The summed E-state index contributed by atoms with van der Waals surface area (Å²) in [6.07, 6.45) is 0.865. The van der Waals surface area contributed by atoms with Gasteiger partial charge in [-0.1, -0.05) is 6.92 Å². The van der Waals surface area contributed by atoms with Crippen molar-refractivity contribution in [3.05, 3.63) is 23.1 Å². The summed E-state index contributed by atoms with van der Waals surface area (Å²) in [6.45, 7) is 2.00. The molecule has 0 saturated carbocycles. The van der Waals surface area contributed by atoms with E-state index in [-0.39, 0.29) is 6.04 Å². The molecule has 1 heterocycles. The summed E-state index contributed by atoms with van der Waals surface area (Å²) in [4.78, 5) is 0. The van der Waals surface area contributed by atoms with Gasteiger partial charge >= 0.3 is 0 Å². The summed E-state index contributed by atoms with van der Waals surface area (Å²) >= 11 is 5.54. The van der Waals surface area contributed by atoms with Crippen LogP contribution in [0, 0.1) is 0 Å². The molecule has 56 valence electrons. The van der Waals surface area contributed by atoms with Crippen molar-refractivity contribution >= 4 is 11.6 Å². The van der Waals surface area contributed by atoms with Crippen molar-refractivity contribution in [3.8, 4) is 0 Å². The minimum absolute atomic E-state index is 0.0208. The lowest BCUT2D eigenvalue weighted by Crippen LogP contribution is -2.06. The smallest absolute Gasteiger partial charge is 0.193 e. The van der Waals surface area contributed by atoms with Gasteiger partial charge in [0, 0.05) is 0 Å². The standard InChI is InChI=1S/C7H10ClNO/c1-2-5(9)6-3-4-7(8)10-6/h3-5H,2,9H2,1H3/t5-/m0/s1. The average Bonchev–Trinajstić information content (AvgIpc) is 2.34. The van der Waals surface area contributed by atoms with Gasteiger partial charge in [-0.3, -0.25) is 0 Å². The largest absolute Gasteiger partial charge is 0.448 e. The Morgan fingerprint density at radius 3 is 2.80 bits per heavy atom. The lowest BCUT2D eigenvalue weighted by Gasteiger charge is -2.02. The van der Waals surface area contributed by atoms with Crippen LogP contribution in [-0.4, -0.2) is 0 Å². The Balaban J connectivity index is 2.74. The Kier molecular flexibility index (Phi) is 2.35. The van der Waals surface area contributed by atoms with Crippen molar-refractivity contribution < 1.29 is 4.42 Å². The highest BCUT2D eigenvalue weighted by atomic mass is 35.5. The van der Waals surface area contributed by atoms with Gasteiger partial charge in [-0.2, -0.15) is 0 Å². The molecule has 2 nitrogen and oxygen atoms in total. The van der Waals surface area contributed by atoms with Crippen LogP contribution in [0.3, 0.4) is 0 Å². The summed E-state index contributed by atoms with van der Waals surface area (Å²) < 4.78 is 5.08. The first-order chi connectivity index (χ1) is 4.74. The van der Waals surface area contributed by atoms with E-state index >= 15 is 0 Å². The highest BCUT2D eigenvalue weighted by molar-refractivity contribution is 6.28. The number of furan rings is 1. The highest BCUT2D eigenvalue weighted by Crippen LogP contribution is 2.19. The predicted molar refractivity (Wildman–Crippen MR) is 40.9 cm³/mol. The van der Waals surface area contributed by atoms with Crippen LogP contribution < -0.4 is 5.73 Å². The van der Waals surface area contributed by atoms with Crippen molar-refractivity contribution in [2.45, 2.75) is 19.4 Å². The number of hydrogen-bond donors (Lipinski definition) is 1. The zero-order valence-corrected chi connectivity index (χ0v) is 6.56. The predicted octanol–water partition coefficient (Wildman–Crippen LogP) is 2.34. The molecule has 0 aliphatic heterocycles. The van der Waals surface area contributed by atoms with Crippen LogP contribution in [0.1, 0.15) is 25.1 Å². The van der Waals surface area contributed by atoms with E-state index in [9.17, 15) is 0 Å². The third-order valence-electron chi connectivity index (χ3n) is 1.40. The van der Waals surface area contributed by atoms with Crippen molar-refractivity contribution in [1.82, 2.24) is 0 Å². The molecule has 1 atom stereocenters. The van der Waals surface area contributed by atoms with E-state index in [1.54, 1.807) is 12.1 Å². The van der Waals surface area contributed by atoms with Crippen LogP contribution in [0.15, 0.2) is 16.5 Å². The molecular formula is C7H10ClNO. The van der Waals surface area contributed by atoms with E-state index < -0.39 is 0 Å². The molecule has 2 N–H and O–H groups in total. The fourth-order valence-electron chi connectivity index (χ4n) is 0.729. The Morgan fingerprint density at radius 2 is 2.40 bits per heavy atom. The second-order valence-electron chi connectivity index (χ2n) is 2.16. The summed E-state index contributed by atoms with van der Waals surface area (Å²) in [5.74, 6) is 0.757. The number of nitrogens with two attached hydrogens (primary N) is 1. The lowest BCUT2D eigenvalue weighted by molar-refractivity contribution is 0.462. The van der Waals surface area contributed by atoms with Gasteiger partial charge in [0.15, 0.2) is 5.22 Å². The van der Waals surface area contributed by atoms with Crippen LogP contribution >= 0.6 is 11.6 Å². The second-order valence-corrected chi connectivity index (χ2v) is 2.53. The molecule has 0 radical (unpaired) electrons. The summed E-state index contributed by atoms with van der Waals surface area (Å²) in [5, 5.41) is 0.402. The molecule has 1 rings (SSSR count). The number of halogens is 1. The number of hydrogen-bond acceptors (Lipinski definition) is 2. The Morgan fingerprint density at radius 1 is 1.70 bits per heavy atom. The lowest BCUT2D eigenvalue weighted by atomic mass is 10.2. The van der Waals surface area contributed by atoms with E-state index in [1.165, 1.54) is 0 Å². The molecule has 1 aromatic rings. The minimum Gasteiger partial charge on any atom is -0.448 e. The summed E-state index contributed by atoms with van der Waals surface area (Å²) in [5.41, 5.74) is 5.66. The summed E-state index contributed by atoms with van der Waals surface area (Å²) in [6, 6.07) is 3.48. The molecule has 0 saturated heterocycles. The zero-order chi connectivity index (χ0) is 7.56. The average molecular weight is 160 g/mol. The van der Waals surface area contributed by atoms with Gasteiger partial charge in [0.05, 0.1) is 6.04 Å². The third kappa shape index (κ3) is 1.52. The van der Waals surface area contributed by atoms with Crippen LogP contribution in [0.5, 0.6) is 0 Å². The maximum Gasteiger partial charge on any atom is 0.193 e. The minimum atomic E-state index is -0.0208. The van der Waals surface area contributed by atoms with Crippen LogP contribution in [0.4, 0.5) is 0 Å². The summed E-state index contributed by atoms with van der Waals surface area (Å²) in [7, 11) is 0. The van der Waals surface area contributed by atoms with Crippen molar-refractivity contribution in [3.63, 3.8) is 0 Å². The van der Waals surface area contributed by atoms with Crippen molar-refractivity contribution in [2.75, 3.05) is 0 Å². The van der Waals surface area contributed by atoms with Gasteiger partial charge < -0.3 is 10.2 Å². The van der Waals surface area contributed by atoms with Crippen LogP contribution in [-0.2, 0) is 0 Å².